The van der Waals surface area contributed by atoms with Gasteiger partial charge in [-0.25, -0.2) is 0 Å². The van der Waals surface area contributed by atoms with E-state index in [1.54, 1.807) is 24.3 Å². The quantitative estimate of drug-likeness (QED) is 0.267. The summed E-state index contributed by atoms with van der Waals surface area (Å²) < 4.78 is 19.6. The van der Waals surface area contributed by atoms with Crippen LogP contribution in [0.2, 0.25) is 0 Å². The summed E-state index contributed by atoms with van der Waals surface area (Å²) in [7, 11) is -3.60. The first-order chi connectivity index (χ1) is 14.4. The maximum atomic E-state index is 13.8. The van der Waals surface area contributed by atoms with Gasteiger partial charge in [-0.15, -0.1) is 0 Å². The first kappa shape index (κ1) is 22.1. The Morgan fingerprint density at radius 1 is 0.733 bits per heavy atom. The fourth-order valence-electron chi connectivity index (χ4n) is 2.67. The Balaban J connectivity index is 2.01. The SMILES string of the molecule is CC(=O)c1ccc(OP(=O)(C=C(Cl)c2ccccc2)/C=C(\Cl)c2ccccc2)cc1. The second kappa shape index (κ2) is 9.95. The molecule has 0 aliphatic rings. The molecule has 3 aromatic carbocycles. The lowest BCUT2D eigenvalue weighted by Crippen LogP contribution is -1.93. The molecule has 0 saturated carbocycles. The van der Waals surface area contributed by atoms with Crippen molar-refractivity contribution in [2.24, 2.45) is 0 Å². The van der Waals surface area contributed by atoms with Crippen LogP contribution in [0, 0.1) is 0 Å². The molecule has 0 amide bonds. The number of halogens is 2. The smallest absolute Gasteiger partial charge is 0.295 e. The summed E-state index contributed by atoms with van der Waals surface area (Å²) in [6, 6.07) is 24.8. The minimum atomic E-state index is -3.60. The highest BCUT2D eigenvalue weighted by Crippen LogP contribution is 2.54. The van der Waals surface area contributed by atoms with Gasteiger partial charge in [-0.05, 0) is 42.3 Å². The molecule has 0 aromatic heterocycles. The van der Waals surface area contributed by atoms with E-state index >= 15 is 0 Å². The predicted octanol–water partition coefficient (Wildman–Crippen LogP) is 8.02. The van der Waals surface area contributed by atoms with Crippen LogP contribution < -0.4 is 4.52 Å². The summed E-state index contributed by atoms with van der Waals surface area (Å²) in [6.45, 7) is 1.48. The highest BCUT2D eigenvalue weighted by atomic mass is 35.5. The van der Waals surface area contributed by atoms with Gasteiger partial charge in [0.05, 0.1) is 10.1 Å². The average Bonchev–Trinajstić information content (AvgIpc) is 2.75. The molecule has 0 radical (unpaired) electrons. The molecular weight excluding hydrogens is 438 g/mol. The van der Waals surface area contributed by atoms with Crippen molar-refractivity contribution in [1.82, 2.24) is 0 Å². The maximum absolute atomic E-state index is 13.8. The summed E-state index contributed by atoms with van der Waals surface area (Å²) >= 11 is 12.9. The van der Waals surface area contributed by atoms with E-state index in [4.69, 9.17) is 27.7 Å². The van der Waals surface area contributed by atoms with Crippen molar-refractivity contribution in [1.29, 1.82) is 0 Å². The molecule has 0 N–H and O–H groups in total. The molecule has 3 aromatic rings. The van der Waals surface area contributed by atoms with Crippen LogP contribution in [0.3, 0.4) is 0 Å². The van der Waals surface area contributed by atoms with Gasteiger partial charge in [-0.1, -0.05) is 83.9 Å². The molecule has 0 fully saturated rings. The molecule has 1 atom stereocenters. The minimum Gasteiger partial charge on any atom is -0.438 e. The van der Waals surface area contributed by atoms with Gasteiger partial charge in [-0.3, -0.25) is 9.36 Å². The number of Topliss-reactive ketones (excluding diaryl/α,β-unsaturated/α-hetero) is 1. The number of hydrogen-bond donors (Lipinski definition) is 0. The number of carbonyl (C=O) groups is 1. The van der Waals surface area contributed by atoms with Gasteiger partial charge in [0.1, 0.15) is 5.75 Å². The lowest BCUT2D eigenvalue weighted by Gasteiger charge is -2.15. The van der Waals surface area contributed by atoms with Crippen molar-refractivity contribution in [3.8, 4) is 5.75 Å². The molecule has 0 bridgehead atoms. The molecule has 30 heavy (non-hydrogen) atoms. The van der Waals surface area contributed by atoms with E-state index in [9.17, 15) is 9.36 Å². The van der Waals surface area contributed by atoms with E-state index in [1.165, 1.54) is 18.6 Å². The number of ketones is 1. The summed E-state index contributed by atoms with van der Waals surface area (Å²) in [5, 5.41) is 0.570. The van der Waals surface area contributed by atoms with Crippen LogP contribution in [0.25, 0.3) is 10.1 Å². The Morgan fingerprint density at radius 3 is 1.57 bits per heavy atom. The second-order valence-corrected chi connectivity index (χ2v) is 9.31. The Labute approximate surface area is 186 Å². The molecule has 0 heterocycles. The number of hydrogen-bond acceptors (Lipinski definition) is 3. The van der Waals surface area contributed by atoms with Gasteiger partial charge in [0.15, 0.2) is 5.78 Å². The van der Waals surface area contributed by atoms with Gasteiger partial charge in [0, 0.05) is 17.2 Å². The van der Waals surface area contributed by atoms with Crippen LogP contribution in [0.1, 0.15) is 28.4 Å². The van der Waals surface area contributed by atoms with Crippen molar-refractivity contribution in [2.45, 2.75) is 6.92 Å². The normalized spacial score (nSPS) is 14.1. The van der Waals surface area contributed by atoms with Gasteiger partial charge >= 0.3 is 0 Å². The Kier molecular flexibility index (Phi) is 7.33. The highest BCUT2D eigenvalue weighted by Gasteiger charge is 2.22. The van der Waals surface area contributed by atoms with E-state index in [-0.39, 0.29) is 15.8 Å². The molecule has 0 spiro atoms. The zero-order valence-electron chi connectivity index (χ0n) is 16.2. The highest BCUT2D eigenvalue weighted by molar-refractivity contribution is 7.66. The van der Waals surface area contributed by atoms with E-state index in [1.807, 2.05) is 60.7 Å². The van der Waals surface area contributed by atoms with Gasteiger partial charge < -0.3 is 4.52 Å². The van der Waals surface area contributed by atoms with Crippen LogP contribution in [0.15, 0.2) is 96.6 Å². The van der Waals surface area contributed by atoms with Gasteiger partial charge in [0.25, 0.3) is 7.37 Å². The fraction of sp³-hybridized carbons (Fsp3) is 0.0417. The average molecular weight is 457 g/mol. The van der Waals surface area contributed by atoms with E-state index in [2.05, 4.69) is 0 Å². The molecule has 152 valence electrons. The van der Waals surface area contributed by atoms with Crippen molar-refractivity contribution >= 4 is 46.4 Å². The maximum Gasteiger partial charge on any atom is 0.295 e. The van der Waals surface area contributed by atoms with Gasteiger partial charge in [-0.2, -0.15) is 0 Å². The lowest BCUT2D eigenvalue weighted by atomic mass is 10.1. The van der Waals surface area contributed by atoms with Crippen molar-refractivity contribution in [3.63, 3.8) is 0 Å². The molecule has 3 rings (SSSR count). The summed E-state index contributed by atoms with van der Waals surface area (Å²) in [6.07, 6.45) is 0. The number of benzene rings is 3. The summed E-state index contributed by atoms with van der Waals surface area (Å²) in [5.41, 5.74) is 1.95. The molecular formula is C24H19Cl2O3P. The van der Waals surface area contributed by atoms with E-state index in [0.717, 1.165) is 0 Å². The Bertz CT molecular complexity index is 1060. The third-order valence-electron chi connectivity index (χ3n) is 4.19. The van der Waals surface area contributed by atoms with Crippen LogP contribution >= 0.6 is 30.6 Å². The summed E-state index contributed by atoms with van der Waals surface area (Å²) in [4.78, 5) is 11.5. The third kappa shape index (κ3) is 5.96. The lowest BCUT2D eigenvalue weighted by molar-refractivity contribution is 0.101. The van der Waals surface area contributed by atoms with Crippen LogP contribution in [-0.4, -0.2) is 5.78 Å². The third-order valence-corrected chi connectivity index (χ3v) is 6.89. The van der Waals surface area contributed by atoms with Crippen molar-refractivity contribution < 1.29 is 13.9 Å². The minimum absolute atomic E-state index is 0.0660. The Hall–Kier alpha value is -2.58. The fourth-order valence-corrected chi connectivity index (χ4v) is 5.29. The first-order valence-electron chi connectivity index (χ1n) is 9.14. The van der Waals surface area contributed by atoms with Crippen LogP contribution in [0.4, 0.5) is 0 Å². The number of rotatable bonds is 7. The molecule has 0 saturated heterocycles. The zero-order valence-corrected chi connectivity index (χ0v) is 18.6. The van der Waals surface area contributed by atoms with Gasteiger partial charge in [0.2, 0.25) is 0 Å². The second-order valence-electron chi connectivity index (χ2n) is 6.50. The standard InChI is InChI=1S/C24H19Cl2O3P/c1-18(27)19-12-14-22(15-13-19)29-30(28,16-23(25)20-8-4-2-5-9-20)17-24(26)21-10-6-3-7-11-21/h2-17H,1H3/b23-16-,24-17?. The van der Waals surface area contributed by atoms with Crippen molar-refractivity contribution in [3.05, 3.63) is 113 Å². The first-order valence-corrected chi connectivity index (χ1v) is 11.7. The van der Waals surface area contributed by atoms with Crippen LogP contribution in [-0.2, 0) is 4.57 Å². The van der Waals surface area contributed by atoms with Crippen molar-refractivity contribution in [2.75, 3.05) is 0 Å². The molecule has 3 nitrogen and oxygen atoms in total. The Morgan fingerprint density at radius 2 is 1.17 bits per heavy atom. The molecule has 0 aliphatic carbocycles. The largest absolute Gasteiger partial charge is 0.438 e. The van der Waals surface area contributed by atoms with E-state index in [0.29, 0.717) is 22.4 Å². The van der Waals surface area contributed by atoms with Crippen LogP contribution in [0.5, 0.6) is 5.75 Å². The molecule has 0 aliphatic heterocycles. The summed E-state index contributed by atoms with van der Waals surface area (Å²) in [5.74, 6) is 3.04. The predicted molar refractivity (Wildman–Crippen MR) is 125 cm³/mol. The molecule has 6 heteroatoms. The molecule has 1 unspecified atom stereocenters. The topological polar surface area (TPSA) is 43.4 Å². The van der Waals surface area contributed by atoms with E-state index < -0.39 is 7.37 Å². The monoisotopic (exact) mass is 456 g/mol. The number of carbonyl (C=O) groups excluding carboxylic acids is 1. The zero-order chi connectivity index (χ0) is 21.6.